The van der Waals surface area contributed by atoms with Crippen LogP contribution in [0.15, 0.2) is 103 Å². The van der Waals surface area contributed by atoms with E-state index in [2.05, 4.69) is 0 Å². The molecule has 0 saturated carbocycles. The van der Waals surface area contributed by atoms with E-state index in [1.807, 2.05) is 78.9 Å². The number of nitrogens with zero attached hydrogens (tertiary/aromatic N) is 1. The van der Waals surface area contributed by atoms with Gasteiger partial charge < -0.3 is 21.0 Å². The molecule has 144 valence electrons. The van der Waals surface area contributed by atoms with Crippen LogP contribution in [0.25, 0.3) is 0 Å². The molecule has 0 aliphatic rings. The molecule has 0 aliphatic carbocycles. The zero-order chi connectivity index (χ0) is 20.1. The fraction of sp³-hybridized carbons (Fsp3) is 0. The van der Waals surface area contributed by atoms with Gasteiger partial charge in [0.2, 0.25) is 0 Å². The first-order valence-corrected chi connectivity index (χ1v) is 9.20. The van der Waals surface area contributed by atoms with Gasteiger partial charge in [0.1, 0.15) is 11.4 Å². The van der Waals surface area contributed by atoms with Crippen LogP contribution in [0.5, 0.6) is 17.2 Å². The van der Waals surface area contributed by atoms with Gasteiger partial charge in [-0.15, -0.1) is 0 Å². The third-order valence-corrected chi connectivity index (χ3v) is 4.26. The molecule has 0 aliphatic heterocycles. The van der Waals surface area contributed by atoms with Gasteiger partial charge in [0.05, 0.1) is 5.69 Å². The zero-order valence-corrected chi connectivity index (χ0v) is 15.7. The molecule has 0 fully saturated rings. The fourth-order valence-electron chi connectivity index (χ4n) is 2.81. The van der Waals surface area contributed by atoms with E-state index < -0.39 is 0 Å². The van der Waals surface area contributed by atoms with Crippen molar-refractivity contribution in [2.45, 2.75) is 0 Å². The van der Waals surface area contributed by atoms with E-state index in [0.717, 1.165) is 11.4 Å². The second kappa shape index (κ2) is 8.27. The Hall–Kier alpha value is -4.12. The summed E-state index contributed by atoms with van der Waals surface area (Å²) in [5.74, 6) is 1.99. The fourth-order valence-corrected chi connectivity index (χ4v) is 2.81. The third kappa shape index (κ3) is 4.42. The van der Waals surface area contributed by atoms with E-state index in [1.54, 1.807) is 29.3 Å². The summed E-state index contributed by atoms with van der Waals surface area (Å²) in [5, 5.41) is 1.73. The van der Waals surface area contributed by atoms with Crippen molar-refractivity contribution >= 4 is 22.7 Å². The number of nitrogens with two attached hydrogens (primary N) is 2. The highest BCUT2D eigenvalue weighted by Crippen LogP contribution is 2.37. The van der Waals surface area contributed by atoms with Crippen LogP contribution < -0.4 is 26.1 Å². The molecular formula is C24H21N3O2. The first kappa shape index (κ1) is 18.3. The topological polar surface area (TPSA) is 73.7 Å². The Morgan fingerprint density at radius 3 is 1.76 bits per heavy atom. The van der Waals surface area contributed by atoms with E-state index in [9.17, 15) is 0 Å². The molecule has 0 bridgehead atoms. The summed E-state index contributed by atoms with van der Waals surface area (Å²) in [6, 6.07) is 32.0. The first-order valence-electron chi connectivity index (χ1n) is 9.20. The summed E-state index contributed by atoms with van der Waals surface area (Å²) in [4.78, 5) is 6.22. The monoisotopic (exact) mass is 383 g/mol. The third-order valence-electron chi connectivity index (χ3n) is 4.26. The van der Waals surface area contributed by atoms with Gasteiger partial charge in [0, 0.05) is 11.4 Å². The van der Waals surface area contributed by atoms with Crippen molar-refractivity contribution in [3.8, 4) is 17.2 Å². The summed E-state index contributed by atoms with van der Waals surface area (Å²) in [6.45, 7) is 0. The molecule has 0 aromatic heterocycles. The van der Waals surface area contributed by atoms with Crippen molar-refractivity contribution in [2.75, 3.05) is 16.5 Å². The average Bonchev–Trinajstić information content (AvgIpc) is 2.76. The zero-order valence-electron chi connectivity index (χ0n) is 15.7. The molecule has 4 N–H and O–H groups in total. The molecule has 5 nitrogen and oxygen atoms in total. The summed E-state index contributed by atoms with van der Waals surface area (Å²) in [5.41, 5.74) is 14.6. The van der Waals surface area contributed by atoms with Crippen LogP contribution in [0.3, 0.4) is 0 Å². The summed E-state index contributed by atoms with van der Waals surface area (Å²) >= 11 is 0. The Morgan fingerprint density at radius 1 is 0.552 bits per heavy atom. The highest BCUT2D eigenvalue weighted by Gasteiger charge is 2.17. The molecule has 0 unspecified atom stereocenters. The van der Waals surface area contributed by atoms with Gasteiger partial charge in [0.15, 0.2) is 11.5 Å². The molecule has 29 heavy (non-hydrogen) atoms. The van der Waals surface area contributed by atoms with Crippen LogP contribution in [0.1, 0.15) is 0 Å². The minimum Gasteiger partial charge on any atom is -0.455 e. The largest absolute Gasteiger partial charge is 0.455 e. The number of ether oxygens (including phenoxy) is 1. The van der Waals surface area contributed by atoms with Gasteiger partial charge >= 0.3 is 0 Å². The number of rotatable bonds is 6. The molecule has 0 heterocycles. The van der Waals surface area contributed by atoms with Crippen LogP contribution in [0.4, 0.5) is 22.7 Å². The van der Waals surface area contributed by atoms with E-state index >= 15 is 0 Å². The highest BCUT2D eigenvalue weighted by atomic mass is 16.7. The maximum absolute atomic E-state index is 6.22. The molecule has 0 spiro atoms. The van der Waals surface area contributed by atoms with Gasteiger partial charge in [-0.3, -0.25) is 0 Å². The predicted molar refractivity (Wildman–Crippen MR) is 117 cm³/mol. The molecule has 0 amide bonds. The maximum atomic E-state index is 6.22. The minimum atomic E-state index is 0.650. The number of anilines is 4. The lowest BCUT2D eigenvalue weighted by Crippen LogP contribution is -2.22. The van der Waals surface area contributed by atoms with Crippen LogP contribution in [-0.4, -0.2) is 0 Å². The van der Waals surface area contributed by atoms with Crippen molar-refractivity contribution in [3.63, 3.8) is 0 Å². The SMILES string of the molecule is Nc1ccc(Oc2ccccc2N(Oc2ccc(N)cc2)c2ccccc2)cc1. The van der Waals surface area contributed by atoms with E-state index in [4.69, 9.17) is 21.0 Å². The van der Waals surface area contributed by atoms with Gasteiger partial charge in [-0.1, -0.05) is 30.3 Å². The predicted octanol–water partition coefficient (Wildman–Crippen LogP) is 5.78. The molecular weight excluding hydrogens is 362 g/mol. The average molecular weight is 383 g/mol. The van der Waals surface area contributed by atoms with Crippen molar-refractivity contribution in [1.29, 1.82) is 0 Å². The van der Waals surface area contributed by atoms with Gasteiger partial charge in [-0.05, 0) is 72.8 Å². The van der Waals surface area contributed by atoms with Crippen LogP contribution in [0, 0.1) is 0 Å². The first-order chi connectivity index (χ1) is 14.2. The molecule has 5 heteroatoms. The van der Waals surface area contributed by atoms with Crippen molar-refractivity contribution < 1.29 is 9.57 Å². The number of hydrogen-bond acceptors (Lipinski definition) is 5. The minimum absolute atomic E-state index is 0.650. The van der Waals surface area contributed by atoms with Crippen LogP contribution in [-0.2, 0) is 0 Å². The number of hydrogen-bond donors (Lipinski definition) is 2. The second-order valence-corrected chi connectivity index (χ2v) is 6.43. The van der Waals surface area contributed by atoms with Crippen molar-refractivity contribution in [3.05, 3.63) is 103 Å². The van der Waals surface area contributed by atoms with E-state index in [-0.39, 0.29) is 0 Å². The molecule has 4 aromatic rings. The number of benzene rings is 4. The summed E-state index contributed by atoms with van der Waals surface area (Å²) < 4.78 is 6.13. The van der Waals surface area contributed by atoms with Crippen molar-refractivity contribution in [2.24, 2.45) is 0 Å². The maximum Gasteiger partial charge on any atom is 0.156 e. The lowest BCUT2D eigenvalue weighted by atomic mass is 10.2. The molecule has 4 aromatic carbocycles. The summed E-state index contributed by atoms with van der Waals surface area (Å²) in [6.07, 6.45) is 0. The second-order valence-electron chi connectivity index (χ2n) is 6.43. The Balaban J connectivity index is 1.72. The number of para-hydroxylation sites is 3. The summed E-state index contributed by atoms with van der Waals surface area (Å²) in [7, 11) is 0. The lowest BCUT2D eigenvalue weighted by Gasteiger charge is -2.26. The molecule has 0 radical (unpaired) electrons. The Morgan fingerprint density at radius 2 is 1.10 bits per heavy atom. The normalized spacial score (nSPS) is 10.3. The van der Waals surface area contributed by atoms with E-state index in [1.165, 1.54) is 0 Å². The van der Waals surface area contributed by atoms with Crippen LogP contribution in [0.2, 0.25) is 0 Å². The highest BCUT2D eigenvalue weighted by molar-refractivity contribution is 5.68. The number of nitrogen functional groups attached to an aromatic ring is 2. The Labute approximate surface area is 169 Å². The van der Waals surface area contributed by atoms with Crippen LogP contribution >= 0.6 is 0 Å². The molecule has 0 saturated heterocycles. The standard InChI is InChI=1S/C24H21N3O2/c25-18-10-14-21(15-11-18)28-24-9-5-4-8-23(24)27(20-6-2-1-3-7-20)29-22-16-12-19(26)13-17-22/h1-17H,25-26H2. The van der Waals surface area contributed by atoms with Gasteiger partial charge in [-0.2, -0.15) is 5.06 Å². The lowest BCUT2D eigenvalue weighted by molar-refractivity contribution is 0.319. The quantitative estimate of drug-likeness (QED) is 0.326. The Bertz CT molecular complexity index is 1070. The smallest absolute Gasteiger partial charge is 0.156 e. The molecule has 0 atom stereocenters. The Kier molecular flexibility index (Phi) is 5.21. The molecule has 4 rings (SSSR count). The van der Waals surface area contributed by atoms with Crippen molar-refractivity contribution in [1.82, 2.24) is 0 Å². The van der Waals surface area contributed by atoms with Gasteiger partial charge in [-0.25, -0.2) is 0 Å². The van der Waals surface area contributed by atoms with Gasteiger partial charge in [0.25, 0.3) is 0 Å². The van der Waals surface area contributed by atoms with E-state index in [0.29, 0.717) is 28.6 Å².